The van der Waals surface area contributed by atoms with Crippen LogP contribution in [0.4, 0.5) is 11.5 Å². The van der Waals surface area contributed by atoms with E-state index < -0.39 is 44.4 Å². The number of phenolic OH excluding ortho intramolecular Hbond substituents is 2. The smallest absolute Gasteiger partial charge is 0.281 e. The van der Waals surface area contributed by atoms with E-state index in [0.29, 0.717) is 6.07 Å². The number of anilines is 1. The van der Waals surface area contributed by atoms with Gasteiger partial charge in [0.15, 0.2) is 11.5 Å². The number of nitro benzene ring substituents is 1. The van der Waals surface area contributed by atoms with Crippen LogP contribution in [0.25, 0.3) is 11.1 Å². The van der Waals surface area contributed by atoms with Gasteiger partial charge in [-0.15, -0.1) is 0 Å². The van der Waals surface area contributed by atoms with Crippen LogP contribution in [0.3, 0.4) is 0 Å². The zero-order valence-electron chi connectivity index (χ0n) is 11.2. The Morgan fingerprint density at radius 1 is 1.17 bits per heavy atom. The van der Waals surface area contributed by atoms with E-state index in [-0.39, 0.29) is 11.4 Å². The van der Waals surface area contributed by atoms with Gasteiger partial charge < -0.3 is 20.9 Å². The average molecular weight is 313 g/mol. The van der Waals surface area contributed by atoms with Crippen LogP contribution in [0.5, 0.6) is 11.5 Å². The van der Waals surface area contributed by atoms with Crippen LogP contribution in [0, 0.1) is 32.8 Å². The van der Waals surface area contributed by atoms with E-state index in [2.05, 4.69) is 4.98 Å². The molecule has 0 spiro atoms. The molecular formula is C13H7N5O5. The molecule has 0 fully saturated rings. The molecule has 2 rings (SSSR count). The summed E-state index contributed by atoms with van der Waals surface area (Å²) in [7, 11) is 0. The number of nitrogens with one attached hydrogen (secondary N) is 1. The Bertz CT molecular complexity index is 980. The number of nitrogens with zero attached hydrogens (tertiary/aromatic N) is 3. The lowest BCUT2D eigenvalue weighted by molar-refractivity contribution is -0.384. The van der Waals surface area contributed by atoms with Crippen molar-refractivity contribution in [2.45, 2.75) is 0 Å². The van der Waals surface area contributed by atoms with Gasteiger partial charge in [0, 0.05) is 5.56 Å². The number of phenols is 2. The van der Waals surface area contributed by atoms with Crippen molar-refractivity contribution in [1.82, 2.24) is 4.98 Å². The minimum absolute atomic E-state index is 0.366. The molecule has 114 valence electrons. The van der Waals surface area contributed by atoms with E-state index in [9.17, 15) is 30.4 Å². The maximum atomic E-state index is 11.8. The molecule has 0 saturated carbocycles. The Morgan fingerprint density at radius 2 is 1.74 bits per heavy atom. The highest BCUT2D eigenvalue weighted by molar-refractivity contribution is 5.86. The van der Waals surface area contributed by atoms with E-state index in [1.807, 2.05) is 0 Å². The molecule has 1 aromatic heterocycles. The third-order valence-electron chi connectivity index (χ3n) is 3.03. The second kappa shape index (κ2) is 5.38. The topological polar surface area (TPSA) is 190 Å². The van der Waals surface area contributed by atoms with Gasteiger partial charge in [-0.2, -0.15) is 10.5 Å². The van der Waals surface area contributed by atoms with E-state index in [1.54, 1.807) is 12.1 Å². The van der Waals surface area contributed by atoms with Crippen LogP contribution in [-0.4, -0.2) is 20.1 Å². The maximum Gasteiger partial charge on any atom is 0.281 e. The number of nitriles is 2. The summed E-state index contributed by atoms with van der Waals surface area (Å²) in [6.45, 7) is 0. The summed E-state index contributed by atoms with van der Waals surface area (Å²) in [5, 5.41) is 48.4. The number of nitrogens with two attached hydrogens (primary N) is 1. The highest BCUT2D eigenvalue weighted by atomic mass is 16.6. The molecule has 0 unspecified atom stereocenters. The number of pyridine rings is 1. The van der Waals surface area contributed by atoms with Gasteiger partial charge in [0.2, 0.25) is 0 Å². The molecule has 10 heteroatoms. The van der Waals surface area contributed by atoms with Crippen molar-refractivity contribution in [3.8, 4) is 34.8 Å². The van der Waals surface area contributed by atoms with Crippen LogP contribution in [-0.2, 0) is 0 Å². The lowest BCUT2D eigenvalue weighted by Gasteiger charge is -2.10. The molecule has 0 bridgehead atoms. The quantitative estimate of drug-likeness (QED) is 0.353. The first-order chi connectivity index (χ1) is 10.8. The van der Waals surface area contributed by atoms with Crippen molar-refractivity contribution in [3.05, 3.63) is 43.7 Å². The number of hydrogen-bond donors (Lipinski definition) is 4. The molecule has 5 N–H and O–H groups in total. The van der Waals surface area contributed by atoms with Gasteiger partial charge in [0.25, 0.3) is 11.2 Å². The van der Waals surface area contributed by atoms with E-state index in [1.165, 1.54) is 0 Å². The minimum atomic E-state index is -0.944. The summed E-state index contributed by atoms with van der Waals surface area (Å²) >= 11 is 0. The minimum Gasteiger partial charge on any atom is -0.504 e. The number of hydrogen-bond acceptors (Lipinski definition) is 8. The van der Waals surface area contributed by atoms with Crippen molar-refractivity contribution < 1.29 is 15.1 Å². The number of aromatic amines is 1. The van der Waals surface area contributed by atoms with E-state index in [4.69, 9.17) is 11.0 Å². The molecule has 1 aromatic carbocycles. The summed E-state index contributed by atoms with van der Waals surface area (Å²) in [5.41, 5.74) is 2.14. The lowest BCUT2D eigenvalue weighted by Crippen LogP contribution is -2.16. The molecule has 0 aliphatic heterocycles. The van der Waals surface area contributed by atoms with Gasteiger partial charge in [0.05, 0.1) is 16.6 Å². The Labute approximate surface area is 127 Å². The molecule has 0 saturated heterocycles. The number of H-pyrrole nitrogens is 1. The van der Waals surface area contributed by atoms with Crippen molar-refractivity contribution in [3.63, 3.8) is 0 Å². The summed E-state index contributed by atoms with van der Waals surface area (Å²) in [6, 6.07) is 4.62. The highest BCUT2D eigenvalue weighted by Crippen LogP contribution is 2.41. The molecule has 0 amide bonds. The van der Waals surface area contributed by atoms with Crippen LogP contribution in [0.2, 0.25) is 0 Å². The Hall–Kier alpha value is -4.05. The first-order valence-electron chi connectivity index (χ1n) is 5.88. The number of nitro groups is 1. The van der Waals surface area contributed by atoms with Crippen LogP contribution >= 0.6 is 0 Å². The molecule has 23 heavy (non-hydrogen) atoms. The molecule has 0 aliphatic carbocycles. The average Bonchev–Trinajstić information content (AvgIpc) is 2.48. The van der Waals surface area contributed by atoms with E-state index in [0.717, 1.165) is 6.07 Å². The highest BCUT2D eigenvalue weighted by Gasteiger charge is 2.26. The van der Waals surface area contributed by atoms with Gasteiger partial charge in [-0.1, -0.05) is 0 Å². The lowest BCUT2D eigenvalue weighted by atomic mass is 9.95. The van der Waals surface area contributed by atoms with Crippen molar-refractivity contribution >= 4 is 11.5 Å². The van der Waals surface area contributed by atoms with Crippen LogP contribution < -0.4 is 11.3 Å². The summed E-state index contributed by atoms with van der Waals surface area (Å²) in [4.78, 5) is 24.2. The molecule has 10 nitrogen and oxygen atoms in total. The zero-order valence-corrected chi connectivity index (χ0v) is 11.2. The van der Waals surface area contributed by atoms with Gasteiger partial charge in [0.1, 0.15) is 29.1 Å². The fourth-order valence-corrected chi connectivity index (χ4v) is 2.03. The SMILES string of the molecule is N#Cc1c(N)[nH]c(=O)c(C#N)c1-c1cc(O)c(O)cc1[N+](=O)[O-]. The first kappa shape index (κ1) is 15.3. The molecule has 0 atom stereocenters. The third-order valence-corrected chi connectivity index (χ3v) is 3.03. The second-order valence-electron chi connectivity index (χ2n) is 4.33. The molecule has 2 aromatic rings. The number of benzene rings is 1. The third kappa shape index (κ3) is 2.36. The molecular weight excluding hydrogens is 306 g/mol. The van der Waals surface area contributed by atoms with Crippen LogP contribution in [0.15, 0.2) is 16.9 Å². The number of rotatable bonds is 2. The second-order valence-corrected chi connectivity index (χ2v) is 4.33. The van der Waals surface area contributed by atoms with Gasteiger partial charge in [-0.25, -0.2) is 0 Å². The zero-order chi connectivity index (χ0) is 17.3. The van der Waals surface area contributed by atoms with Crippen molar-refractivity contribution in [1.29, 1.82) is 10.5 Å². The van der Waals surface area contributed by atoms with Gasteiger partial charge in [-0.3, -0.25) is 14.9 Å². The van der Waals surface area contributed by atoms with Gasteiger partial charge >= 0.3 is 0 Å². The summed E-state index contributed by atoms with van der Waals surface area (Å²) < 4.78 is 0. The van der Waals surface area contributed by atoms with Crippen LogP contribution in [0.1, 0.15) is 11.1 Å². The monoisotopic (exact) mass is 313 g/mol. The Balaban J connectivity index is 3.08. The number of aromatic nitrogens is 1. The predicted octanol–water partition coefficient (Wildman–Crippen LogP) is 0.687. The molecule has 0 radical (unpaired) electrons. The van der Waals surface area contributed by atoms with Crippen molar-refractivity contribution in [2.75, 3.05) is 5.73 Å². The predicted molar refractivity (Wildman–Crippen MR) is 76.3 cm³/mol. The number of nitrogen functional groups attached to an aromatic ring is 1. The standard InChI is InChI=1S/C13H7N5O5/c14-3-6-11(7(4-15)13(21)17-12(6)16)5-1-9(19)10(20)2-8(5)18(22)23/h1-2,19-20H,(H3,16,17,21). The Morgan fingerprint density at radius 3 is 2.26 bits per heavy atom. The maximum absolute atomic E-state index is 11.8. The molecule has 0 aliphatic rings. The molecule has 1 heterocycles. The fraction of sp³-hybridized carbons (Fsp3) is 0. The van der Waals surface area contributed by atoms with Crippen molar-refractivity contribution in [2.24, 2.45) is 0 Å². The largest absolute Gasteiger partial charge is 0.504 e. The number of aromatic hydroxyl groups is 2. The fourth-order valence-electron chi connectivity index (χ4n) is 2.03. The first-order valence-corrected chi connectivity index (χ1v) is 5.88. The summed E-state index contributed by atoms with van der Waals surface area (Å²) in [6.07, 6.45) is 0. The summed E-state index contributed by atoms with van der Waals surface area (Å²) in [5.74, 6) is -1.87. The Kier molecular flexibility index (Phi) is 3.59. The van der Waals surface area contributed by atoms with Gasteiger partial charge in [-0.05, 0) is 6.07 Å². The normalized spacial score (nSPS) is 9.83. The van der Waals surface area contributed by atoms with E-state index >= 15 is 0 Å².